The zero-order chi connectivity index (χ0) is 12.4. The summed E-state index contributed by atoms with van der Waals surface area (Å²) in [5.74, 6) is 0.626. The van der Waals surface area contributed by atoms with Crippen molar-refractivity contribution in [1.29, 1.82) is 0 Å². The van der Waals surface area contributed by atoms with Gasteiger partial charge in [-0.3, -0.25) is 0 Å². The molecule has 2 aromatic heterocycles. The van der Waals surface area contributed by atoms with Crippen molar-refractivity contribution < 1.29 is 0 Å². The number of thiazole rings is 1. The second-order valence-electron chi connectivity index (χ2n) is 3.73. The number of rotatable bonds is 3. The van der Waals surface area contributed by atoms with E-state index >= 15 is 0 Å². The monoisotopic (exact) mass is 268 g/mol. The summed E-state index contributed by atoms with van der Waals surface area (Å²) in [6.07, 6.45) is 1.86. The molecule has 0 saturated heterocycles. The average molecular weight is 269 g/mol. The molecule has 0 saturated carbocycles. The minimum absolute atomic E-state index is 0.411. The highest BCUT2D eigenvalue weighted by Crippen LogP contribution is 2.20. The van der Waals surface area contributed by atoms with Crippen molar-refractivity contribution in [1.82, 2.24) is 15.0 Å². The number of nitrogens with one attached hydrogen (secondary N) is 1. The van der Waals surface area contributed by atoms with Gasteiger partial charge < -0.3 is 5.32 Å². The zero-order valence-electron chi connectivity index (χ0n) is 9.91. The van der Waals surface area contributed by atoms with E-state index in [0.29, 0.717) is 17.5 Å². The van der Waals surface area contributed by atoms with Crippen molar-refractivity contribution >= 4 is 28.8 Å². The van der Waals surface area contributed by atoms with Gasteiger partial charge in [-0.1, -0.05) is 11.6 Å². The van der Waals surface area contributed by atoms with Crippen molar-refractivity contribution in [2.24, 2.45) is 0 Å². The molecule has 0 spiro atoms. The molecular weight excluding hydrogens is 256 g/mol. The quantitative estimate of drug-likeness (QED) is 0.929. The molecule has 4 nitrogen and oxygen atoms in total. The van der Waals surface area contributed by atoms with Crippen LogP contribution in [-0.4, -0.2) is 15.0 Å². The molecule has 0 aliphatic rings. The molecule has 0 aromatic carbocycles. The third kappa shape index (κ3) is 2.92. The van der Waals surface area contributed by atoms with Gasteiger partial charge in [-0.2, -0.15) is 0 Å². The molecule has 0 amide bonds. The van der Waals surface area contributed by atoms with E-state index in [0.717, 1.165) is 21.3 Å². The SMILES string of the molecule is Cc1ncc(CNc2nc(C)c(C)nc2Cl)s1. The van der Waals surface area contributed by atoms with Crippen LogP contribution in [0.2, 0.25) is 5.15 Å². The highest BCUT2D eigenvalue weighted by molar-refractivity contribution is 7.11. The molecular formula is C11H13ClN4S. The predicted molar refractivity (Wildman–Crippen MR) is 70.7 cm³/mol. The molecule has 2 rings (SSSR count). The molecule has 0 aliphatic carbocycles. The smallest absolute Gasteiger partial charge is 0.171 e. The summed E-state index contributed by atoms with van der Waals surface area (Å²) in [4.78, 5) is 13.9. The van der Waals surface area contributed by atoms with Crippen molar-refractivity contribution in [2.75, 3.05) is 5.32 Å². The Hall–Kier alpha value is -1.20. The Kier molecular flexibility index (Phi) is 3.59. The largest absolute Gasteiger partial charge is 0.363 e. The van der Waals surface area contributed by atoms with Crippen molar-refractivity contribution in [2.45, 2.75) is 27.3 Å². The molecule has 2 aromatic rings. The Morgan fingerprint density at radius 3 is 2.59 bits per heavy atom. The molecule has 0 radical (unpaired) electrons. The Bertz CT molecular complexity index is 538. The van der Waals surface area contributed by atoms with Gasteiger partial charge in [0.05, 0.1) is 22.9 Å². The molecule has 0 fully saturated rings. The number of aryl methyl sites for hydroxylation is 3. The first-order chi connectivity index (χ1) is 8.06. The molecule has 90 valence electrons. The van der Waals surface area contributed by atoms with E-state index in [-0.39, 0.29) is 0 Å². The van der Waals surface area contributed by atoms with Crippen LogP contribution in [0.4, 0.5) is 5.82 Å². The van der Waals surface area contributed by atoms with Crippen LogP contribution in [-0.2, 0) is 6.54 Å². The lowest BCUT2D eigenvalue weighted by Gasteiger charge is -2.07. The highest BCUT2D eigenvalue weighted by Gasteiger charge is 2.07. The van der Waals surface area contributed by atoms with Crippen LogP contribution in [0.1, 0.15) is 21.3 Å². The van der Waals surface area contributed by atoms with Gasteiger partial charge in [0, 0.05) is 11.1 Å². The van der Waals surface area contributed by atoms with Crippen LogP contribution in [0.25, 0.3) is 0 Å². The third-order valence-corrected chi connectivity index (χ3v) is 3.54. The Balaban J connectivity index is 2.11. The lowest BCUT2D eigenvalue weighted by atomic mass is 10.3. The van der Waals surface area contributed by atoms with Gasteiger partial charge in [0.2, 0.25) is 0 Å². The fourth-order valence-electron chi connectivity index (χ4n) is 1.35. The first-order valence-electron chi connectivity index (χ1n) is 5.22. The van der Waals surface area contributed by atoms with Gasteiger partial charge in [-0.15, -0.1) is 11.3 Å². The maximum Gasteiger partial charge on any atom is 0.171 e. The summed E-state index contributed by atoms with van der Waals surface area (Å²) in [5, 5.41) is 4.64. The van der Waals surface area contributed by atoms with E-state index in [1.807, 2.05) is 27.0 Å². The van der Waals surface area contributed by atoms with E-state index in [4.69, 9.17) is 11.6 Å². The van der Waals surface area contributed by atoms with Crippen LogP contribution in [0.15, 0.2) is 6.20 Å². The fraction of sp³-hybridized carbons (Fsp3) is 0.364. The van der Waals surface area contributed by atoms with Gasteiger partial charge in [0.1, 0.15) is 0 Å². The predicted octanol–water partition coefficient (Wildman–Crippen LogP) is 3.12. The number of hydrogen-bond acceptors (Lipinski definition) is 5. The second kappa shape index (κ2) is 4.98. The van der Waals surface area contributed by atoms with Crippen LogP contribution < -0.4 is 5.32 Å². The summed E-state index contributed by atoms with van der Waals surface area (Å²) in [7, 11) is 0. The zero-order valence-corrected chi connectivity index (χ0v) is 11.5. The number of hydrogen-bond donors (Lipinski definition) is 1. The first-order valence-corrected chi connectivity index (χ1v) is 6.41. The Morgan fingerprint density at radius 1 is 1.24 bits per heavy atom. The molecule has 0 unspecified atom stereocenters. The standard InChI is InChI=1S/C11H13ClN4S/c1-6-7(2)16-11(10(12)15-6)14-5-9-4-13-8(3)17-9/h4H,5H2,1-3H3,(H,14,16). The summed E-state index contributed by atoms with van der Waals surface area (Å²) >= 11 is 7.68. The average Bonchev–Trinajstić information content (AvgIpc) is 2.68. The molecule has 0 bridgehead atoms. The van der Waals surface area contributed by atoms with Crippen LogP contribution >= 0.6 is 22.9 Å². The summed E-state index contributed by atoms with van der Waals surface area (Å²) in [6.45, 7) is 6.46. The van der Waals surface area contributed by atoms with Gasteiger partial charge >= 0.3 is 0 Å². The third-order valence-electron chi connectivity index (χ3n) is 2.36. The number of anilines is 1. The van der Waals surface area contributed by atoms with E-state index in [2.05, 4.69) is 20.3 Å². The van der Waals surface area contributed by atoms with Crippen molar-refractivity contribution in [3.8, 4) is 0 Å². The van der Waals surface area contributed by atoms with E-state index < -0.39 is 0 Å². The summed E-state index contributed by atoms with van der Waals surface area (Å²) in [6, 6.07) is 0. The highest BCUT2D eigenvalue weighted by atomic mass is 35.5. The summed E-state index contributed by atoms with van der Waals surface area (Å²) in [5.41, 5.74) is 1.74. The number of nitrogens with zero attached hydrogens (tertiary/aromatic N) is 3. The molecule has 0 atom stereocenters. The molecule has 1 N–H and O–H groups in total. The topological polar surface area (TPSA) is 50.7 Å². The van der Waals surface area contributed by atoms with E-state index in [1.165, 1.54) is 0 Å². The van der Waals surface area contributed by atoms with Gasteiger partial charge in [0.15, 0.2) is 11.0 Å². The van der Waals surface area contributed by atoms with E-state index in [1.54, 1.807) is 11.3 Å². The molecule has 17 heavy (non-hydrogen) atoms. The van der Waals surface area contributed by atoms with E-state index in [9.17, 15) is 0 Å². The lowest BCUT2D eigenvalue weighted by Crippen LogP contribution is -2.04. The van der Waals surface area contributed by atoms with Gasteiger partial charge in [-0.05, 0) is 20.8 Å². The number of aromatic nitrogens is 3. The van der Waals surface area contributed by atoms with Crippen molar-refractivity contribution in [3.05, 3.63) is 32.6 Å². The Labute approximate surface area is 109 Å². The van der Waals surface area contributed by atoms with Crippen LogP contribution in [0.3, 0.4) is 0 Å². The normalized spacial score (nSPS) is 10.6. The Morgan fingerprint density at radius 2 is 1.94 bits per heavy atom. The fourth-order valence-corrected chi connectivity index (χ4v) is 2.32. The molecule has 2 heterocycles. The maximum atomic E-state index is 6.02. The number of halogens is 1. The molecule has 0 aliphatic heterocycles. The lowest BCUT2D eigenvalue weighted by molar-refractivity contribution is 1.02. The van der Waals surface area contributed by atoms with Crippen molar-refractivity contribution in [3.63, 3.8) is 0 Å². The first kappa shape index (κ1) is 12.3. The maximum absolute atomic E-state index is 6.02. The van der Waals surface area contributed by atoms with Crippen LogP contribution in [0.5, 0.6) is 0 Å². The minimum atomic E-state index is 0.411. The van der Waals surface area contributed by atoms with Gasteiger partial charge in [-0.25, -0.2) is 15.0 Å². The van der Waals surface area contributed by atoms with Gasteiger partial charge in [0.25, 0.3) is 0 Å². The second-order valence-corrected chi connectivity index (χ2v) is 5.41. The van der Waals surface area contributed by atoms with Crippen LogP contribution in [0, 0.1) is 20.8 Å². The molecule has 6 heteroatoms. The minimum Gasteiger partial charge on any atom is -0.363 e. The summed E-state index contributed by atoms with van der Waals surface area (Å²) < 4.78 is 0.